The molecule has 0 unspecified atom stereocenters. The van der Waals surface area contributed by atoms with Crippen LogP contribution in [-0.2, 0) is 19.4 Å². The zero-order valence-electron chi connectivity index (χ0n) is 11.6. The summed E-state index contributed by atoms with van der Waals surface area (Å²) in [4.78, 5) is 11.8. The number of rotatable bonds is 5. The summed E-state index contributed by atoms with van der Waals surface area (Å²) in [6.07, 6.45) is 1.10. The maximum Gasteiger partial charge on any atom is 0.250 e. The second-order valence-electron chi connectivity index (χ2n) is 4.66. The molecule has 1 amide bonds. The summed E-state index contributed by atoms with van der Waals surface area (Å²) < 4.78 is 28.1. The molecule has 0 aromatic heterocycles. The smallest absolute Gasteiger partial charge is 0.250 e. The summed E-state index contributed by atoms with van der Waals surface area (Å²) in [7, 11) is -3.29. The van der Waals surface area contributed by atoms with E-state index < -0.39 is 9.84 Å². The number of anilines is 1. The molecule has 1 N–H and O–H groups in total. The Morgan fingerprint density at radius 1 is 1.37 bits per heavy atom. The van der Waals surface area contributed by atoms with Gasteiger partial charge in [0.2, 0.25) is 5.91 Å². The van der Waals surface area contributed by atoms with E-state index in [1.807, 2.05) is 13.8 Å². The van der Waals surface area contributed by atoms with Gasteiger partial charge in [-0.25, -0.2) is 8.42 Å². The van der Waals surface area contributed by atoms with Crippen LogP contribution in [-0.4, -0.2) is 33.3 Å². The lowest BCUT2D eigenvalue weighted by molar-refractivity contribution is -0.121. The number of aryl methyl sites for hydroxylation is 1. The molecule has 6 heteroatoms. The molecule has 0 radical (unpaired) electrons. The SMILES string of the molecule is Cc1ccc(S(C)(=O)=O)cc1NC(=O)COC(C)C. The van der Waals surface area contributed by atoms with Crippen molar-refractivity contribution in [3.05, 3.63) is 23.8 Å². The molecule has 0 spiro atoms. The molecule has 1 aromatic carbocycles. The quantitative estimate of drug-likeness (QED) is 0.894. The Hall–Kier alpha value is -1.40. The third-order valence-electron chi connectivity index (χ3n) is 2.46. The summed E-state index contributed by atoms with van der Waals surface area (Å²) in [6.45, 7) is 5.41. The maximum absolute atomic E-state index is 11.6. The molecule has 0 aliphatic heterocycles. The monoisotopic (exact) mass is 285 g/mol. The van der Waals surface area contributed by atoms with Crippen molar-refractivity contribution >= 4 is 21.4 Å². The molecule has 106 valence electrons. The number of ether oxygens (including phenoxy) is 1. The Kier molecular flexibility index (Phi) is 5.08. The van der Waals surface area contributed by atoms with Crippen molar-refractivity contribution < 1.29 is 17.9 Å². The first-order valence-corrected chi connectivity index (χ1v) is 7.81. The predicted molar refractivity (Wildman–Crippen MR) is 74.0 cm³/mol. The normalized spacial score (nSPS) is 11.6. The van der Waals surface area contributed by atoms with E-state index in [1.54, 1.807) is 13.0 Å². The van der Waals surface area contributed by atoms with E-state index in [9.17, 15) is 13.2 Å². The van der Waals surface area contributed by atoms with Crippen LogP contribution in [0, 0.1) is 6.92 Å². The van der Waals surface area contributed by atoms with Gasteiger partial charge in [0.1, 0.15) is 6.61 Å². The standard InChI is InChI=1S/C13H19NO4S/c1-9(2)18-8-13(15)14-12-7-11(19(4,16)17)6-5-10(12)3/h5-7,9H,8H2,1-4H3,(H,14,15). The Morgan fingerprint density at radius 2 is 2.00 bits per heavy atom. The molecule has 0 aliphatic rings. The minimum atomic E-state index is -3.29. The molecule has 0 bridgehead atoms. The lowest BCUT2D eigenvalue weighted by Gasteiger charge is -2.11. The van der Waals surface area contributed by atoms with Crippen molar-refractivity contribution in [3.63, 3.8) is 0 Å². The van der Waals surface area contributed by atoms with Crippen LogP contribution in [0.15, 0.2) is 23.1 Å². The first-order valence-electron chi connectivity index (χ1n) is 5.92. The average molecular weight is 285 g/mol. The van der Waals surface area contributed by atoms with Crippen molar-refractivity contribution in [2.45, 2.75) is 31.8 Å². The molecule has 0 saturated heterocycles. The van der Waals surface area contributed by atoms with Crippen LogP contribution in [0.4, 0.5) is 5.69 Å². The Labute approximate surface area is 113 Å². The predicted octanol–water partition coefficient (Wildman–Crippen LogP) is 1.76. The summed E-state index contributed by atoms with van der Waals surface area (Å²) in [5.74, 6) is -0.303. The maximum atomic E-state index is 11.6. The van der Waals surface area contributed by atoms with Crippen molar-refractivity contribution in [3.8, 4) is 0 Å². The second kappa shape index (κ2) is 6.16. The molecule has 1 aromatic rings. The number of carbonyl (C=O) groups is 1. The van der Waals surface area contributed by atoms with Gasteiger partial charge >= 0.3 is 0 Å². The fraction of sp³-hybridized carbons (Fsp3) is 0.462. The molecular weight excluding hydrogens is 266 g/mol. The fourth-order valence-electron chi connectivity index (χ4n) is 1.40. The van der Waals surface area contributed by atoms with Gasteiger partial charge in [-0.05, 0) is 38.5 Å². The highest BCUT2D eigenvalue weighted by Crippen LogP contribution is 2.20. The summed E-state index contributed by atoms with van der Waals surface area (Å²) in [6, 6.07) is 4.64. The molecule has 0 saturated carbocycles. The molecule has 1 rings (SSSR count). The number of nitrogens with one attached hydrogen (secondary N) is 1. The van der Waals surface area contributed by atoms with Gasteiger partial charge in [0.15, 0.2) is 9.84 Å². The molecule has 19 heavy (non-hydrogen) atoms. The summed E-state index contributed by atoms with van der Waals surface area (Å²) >= 11 is 0. The van der Waals surface area contributed by atoms with E-state index in [0.29, 0.717) is 5.69 Å². The molecule has 0 fully saturated rings. The Balaban J connectivity index is 2.86. The van der Waals surface area contributed by atoms with E-state index in [0.717, 1.165) is 11.8 Å². The van der Waals surface area contributed by atoms with Gasteiger partial charge in [0.05, 0.1) is 11.0 Å². The van der Waals surface area contributed by atoms with E-state index in [2.05, 4.69) is 5.32 Å². The number of sulfone groups is 1. The zero-order valence-corrected chi connectivity index (χ0v) is 12.4. The fourth-order valence-corrected chi connectivity index (χ4v) is 2.04. The van der Waals surface area contributed by atoms with Crippen molar-refractivity contribution in [2.75, 3.05) is 18.2 Å². The largest absolute Gasteiger partial charge is 0.369 e. The minimum Gasteiger partial charge on any atom is -0.369 e. The molecule has 5 nitrogen and oxygen atoms in total. The number of hydrogen-bond donors (Lipinski definition) is 1. The van der Waals surface area contributed by atoms with Crippen LogP contribution in [0.3, 0.4) is 0 Å². The van der Waals surface area contributed by atoms with Crippen LogP contribution < -0.4 is 5.32 Å². The van der Waals surface area contributed by atoms with Crippen molar-refractivity contribution in [1.29, 1.82) is 0 Å². The van der Waals surface area contributed by atoms with Gasteiger partial charge in [-0.3, -0.25) is 4.79 Å². The van der Waals surface area contributed by atoms with Crippen LogP contribution in [0.2, 0.25) is 0 Å². The van der Waals surface area contributed by atoms with E-state index in [1.165, 1.54) is 12.1 Å². The zero-order chi connectivity index (χ0) is 14.6. The van der Waals surface area contributed by atoms with Gasteiger partial charge in [-0.15, -0.1) is 0 Å². The lowest BCUT2D eigenvalue weighted by Crippen LogP contribution is -2.21. The average Bonchev–Trinajstić information content (AvgIpc) is 2.28. The highest BCUT2D eigenvalue weighted by atomic mass is 32.2. The van der Waals surface area contributed by atoms with Crippen LogP contribution in [0.5, 0.6) is 0 Å². The minimum absolute atomic E-state index is 0.0331. The van der Waals surface area contributed by atoms with Gasteiger partial charge in [-0.2, -0.15) is 0 Å². The van der Waals surface area contributed by atoms with Crippen molar-refractivity contribution in [1.82, 2.24) is 0 Å². The van der Waals surface area contributed by atoms with Gasteiger partial charge in [0.25, 0.3) is 0 Å². The molecule has 0 heterocycles. The Bertz CT molecular complexity index is 564. The molecule has 0 aliphatic carbocycles. The number of amides is 1. The highest BCUT2D eigenvalue weighted by molar-refractivity contribution is 7.90. The summed E-state index contributed by atoms with van der Waals surface area (Å²) in [5, 5.41) is 2.65. The summed E-state index contributed by atoms with van der Waals surface area (Å²) in [5.41, 5.74) is 1.28. The van der Waals surface area contributed by atoms with Crippen LogP contribution in [0.1, 0.15) is 19.4 Å². The number of hydrogen-bond acceptors (Lipinski definition) is 4. The van der Waals surface area contributed by atoms with E-state index in [4.69, 9.17) is 4.74 Å². The van der Waals surface area contributed by atoms with Gasteiger partial charge in [-0.1, -0.05) is 6.07 Å². The number of carbonyl (C=O) groups excluding carboxylic acids is 1. The van der Waals surface area contributed by atoms with E-state index in [-0.39, 0.29) is 23.5 Å². The van der Waals surface area contributed by atoms with Gasteiger partial charge < -0.3 is 10.1 Å². The number of benzene rings is 1. The molecule has 0 atom stereocenters. The first-order chi connectivity index (χ1) is 8.70. The van der Waals surface area contributed by atoms with Crippen LogP contribution in [0.25, 0.3) is 0 Å². The highest BCUT2D eigenvalue weighted by Gasteiger charge is 2.11. The van der Waals surface area contributed by atoms with Crippen LogP contribution >= 0.6 is 0 Å². The third kappa shape index (κ3) is 5.00. The third-order valence-corrected chi connectivity index (χ3v) is 3.57. The van der Waals surface area contributed by atoms with Crippen molar-refractivity contribution in [2.24, 2.45) is 0 Å². The Morgan fingerprint density at radius 3 is 2.53 bits per heavy atom. The van der Waals surface area contributed by atoms with E-state index >= 15 is 0 Å². The molecular formula is C13H19NO4S. The first kappa shape index (κ1) is 15.7. The van der Waals surface area contributed by atoms with Gasteiger partial charge in [0, 0.05) is 11.9 Å². The second-order valence-corrected chi connectivity index (χ2v) is 6.67. The lowest BCUT2D eigenvalue weighted by atomic mass is 10.2. The topological polar surface area (TPSA) is 72.5 Å².